The Bertz CT molecular complexity index is 1740. The number of allylic oxidation sites excluding steroid dienone is 1. The smallest absolute Gasteiger partial charge is 0.339 e. The van der Waals surface area contributed by atoms with Gasteiger partial charge in [-0.1, -0.05) is 18.2 Å². The third-order valence-electron chi connectivity index (χ3n) is 8.04. The summed E-state index contributed by atoms with van der Waals surface area (Å²) in [6, 6.07) is 18.8. The number of methoxy groups -OCH3 is 3. The van der Waals surface area contributed by atoms with Crippen LogP contribution in [-0.4, -0.2) is 71.1 Å². The first-order valence-corrected chi connectivity index (χ1v) is 14.8. The quantitative estimate of drug-likeness (QED) is 0.250. The summed E-state index contributed by atoms with van der Waals surface area (Å²) in [5.74, 6) is 0.627. The van der Waals surface area contributed by atoms with Crippen molar-refractivity contribution in [3.8, 4) is 17.2 Å². The van der Waals surface area contributed by atoms with Gasteiger partial charge in [0.05, 0.1) is 51.3 Å². The fraction of sp³-hybridized carbons (Fsp3) is 0.286. The first-order chi connectivity index (χ1) is 22.0. The Labute approximate surface area is 261 Å². The van der Waals surface area contributed by atoms with E-state index >= 15 is 0 Å². The second-order valence-corrected chi connectivity index (χ2v) is 10.7. The number of pyridine rings is 1. The average molecular weight is 610 g/mol. The highest BCUT2D eigenvalue weighted by Crippen LogP contribution is 2.41. The lowest BCUT2D eigenvalue weighted by Crippen LogP contribution is -2.36. The summed E-state index contributed by atoms with van der Waals surface area (Å²) in [6.07, 6.45) is 3.30. The monoisotopic (exact) mass is 609 g/mol. The van der Waals surface area contributed by atoms with E-state index in [0.29, 0.717) is 65.5 Å². The van der Waals surface area contributed by atoms with Gasteiger partial charge in [0.25, 0.3) is 5.91 Å². The molecule has 2 heterocycles. The van der Waals surface area contributed by atoms with Gasteiger partial charge in [-0.05, 0) is 78.1 Å². The van der Waals surface area contributed by atoms with Crippen molar-refractivity contribution in [1.82, 2.24) is 4.98 Å². The maximum absolute atomic E-state index is 13.6. The standard InChI is InChI=1S/C35H35N3O7/c1-41-29-19-22(20-30(42-2)34(29)43-3)18-23-8-13-27-32(26-6-4-5-7-28(26)37-33(23)27)35(40)45-21-31(39)36-24-9-11-25(12-10-24)38-14-16-44-17-15-38/h4-7,9-12,18-20H,8,13-17,21H2,1-3H3,(H,36,39)/b23-18+. The number of aromatic nitrogens is 1. The number of benzene rings is 3. The Hall–Kier alpha value is -5.09. The van der Waals surface area contributed by atoms with E-state index in [1.54, 1.807) is 21.3 Å². The molecule has 0 saturated carbocycles. The predicted octanol–water partition coefficient (Wildman–Crippen LogP) is 5.38. The van der Waals surface area contributed by atoms with Gasteiger partial charge in [-0.15, -0.1) is 0 Å². The van der Waals surface area contributed by atoms with Crippen LogP contribution in [0.1, 0.15) is 33.6 Å². The Balaban J connectivity index is 1.22. The number of ether oxygens (including phenoxy) is 5. The molecule has 10 heteroatoms. The zero-order valence-electron chi connectivity index (χ0n) is 25.6. The number of hydrogen-bond acceptors (Lipinski definition) is 9. The van der Waals surface area contributed by atoms with Crippen LogP contribution < -0.4 is 24.4 Å². The fourth-order valence-corrected chi connectivity index (χ4v) is 5.88. The van der Waals surface area contributed by atoms with Crippen molar-refractivity contribution in [1.29, 1.82) is 0 Å². The minimum Gasteiger partial charge on any atom is -0.493 e. The van der Waals surface area contributed by atoms with Crippen molar-refractivity contribution < 1.29 is 33.3 Å². The van der Waals surface area contributed by atoms with Gasteiger partial charge in [0.15, 0.2) is 18.1 Å². The zero-order valence-corrected chi connectivity index (χ0v) is 25.6. The van der Waals surface area contributed by atoms with E-state index in [9.17, 15) is 9.59 Å². The van der Waals surface area contributed by atoms with Crippen molar-refractivity contribution in [3.63, 3.8) is 0 Å². The molecule has 1 aliphatic heterocycles. The first kappa shape index (κ1) is 30.0. The lowest BCUT2D eigenvalue weighted by atomic mass is 10.0. The molecule has 232 valence electrons. The van der Waals surface area contributed by atoms with E-state index in [1.807, 2.05) is 66.7 Å². The summed E-state index contributed by atoms with van der Waals surface area (Å²) in [4.78, 5) is 33.5. The summed E-state index contributed by atoms with van der Waals surface area (Å²) in [6.45, 7) is 2.65. The van der Waals surface area contributed by atoms with Gasteiger partial charge in [-0.3, -0.25) is 4.79 Å². The van der Waals surface area contributed by atoms with E-state index in [2.05, 4.69) is 10.2 Å². The van der Waals surface area contributed by atoms with Crippen LogP contribution in [0.25, 0.3) is 22.6 Å². The number of esters is 1. The van der Waals surface area contributed by atoms with E-state index in [4.69, 9.17) is 28.7 Å². The Morgan fingerprint density at radius 1 is 0.933 bits per heavy atom. The second-order valence-electron chi connectivity index (χ2n) is 10.7. The largest absolute Gasteiger partial charge is 0.493 e. The van der Waals surface area contributed by atoms with Crippen LogP contribution in [-0.2, 0) is 20.7 Å². The van der Waals surface area contributed by atoms with Crippen molar-refractivity contribution in [2.45, 2.75) is 12.8 Å². The second kappa shape index (κ2) is 13.3. The number of morpholine rings is 1. The molecule has 2 aliphatic rings. The van der Waals surface area contributed by atoms with Gasteiger partial charge in [-0.25, -0.2) is 9.78 Å². The minimum absolute atomic E-state index is 0.413. The molecule has 1 aromatic heterocycles. The van der Waals surface area contributed by atoms with Crippen molar-refractivity contribution in [2.75, 3.05) is 64.5 Å². The topological polar surface area (TPSA) is 108 Å². The molecule has 0 bridgehead atoms. The minimum atomic E-state index is -0.559. The first-order valence-electron chi connectivity index (χ1n) is 14.8. The van der Waals surface area contributed by atoms with E-state index in [-0.39, 0.29) is 0 Å². The summed E-state index contributed by atoms with van der Waals surface area (Å²) in [5.41, 5.74) is 6.16. The van der Waals surface area contributed by atoms with Gasteiger partial charge in [0, 0.05) is 29.9 Å². The van der Waals surface area contributed by atoms with E-state index in [1.165, 1.54) is 0 Å². The molecule has 1 saturated heterocycles. The number of carbonyl (C=O) groups excluding carboxylic acids is 2. The highest BCUT2D eigenvalue weighted by molar-refractivity contribution is 6.08. The molecule has 1 amide bonds. The predicted molar refractivity (Wildman–Crippen MR) is 172 cm³/mol. The van der Waals surface area contributed by atoms with Crippen LogP contribution in [0.4, 0.5) is 11.4 Å². The molecule has 0 radical (unpaired) electrons. The molecule has 0 atom stereocenters. The normalized spacial score (nSPS) is 15.1. The summed E-state index contributed by atoms with van der Waals surface area (Å²) in [7, 11) is 4.72. The Morgan fingerprint density at radius 2 is 1.64 bits per heavy atom. The zero-order chi connectivity index (χ0) is 31.3. The summed E-state index contributed by atoms with van der Waals surface area (Å²) >= 11 is 0. The highest BCUT2D eigenvalue weighted by atomic mass is 16.5. The molecule has 0 spiro atoms. The van der Waals surface area contributed by atoms with Gasteiger partial charge < -0.3 is 33.9 Å². The van der Waals surface area contributed by atoms with E-state index in [0.717, 1.165) is 41.2 Å². The van der Waals surface area contributed by atoms with Crippen LogP contribution in [0.3, 0.4) is 0 Å². The van der Waals surface area contributed by atoms with Crippen LogP contribution >= 0.6 is 0 Å². The maximum Gasteiger partial charge on any atom is 0.339 e. The van der Waals surface area contributed by atoms with Gasteiger partial charge >= 0.3 is 5.97 Å². The van der Waals surface area contributed by atoms with Gasteiger partial charge in [0.2, 0.25) is 5.75 Å². The molecule has 4 aromatic rings. The fourth-order valence-electron chi connectivity index (χ4n) is 5.88. The molecule has 1 fully saturated rings. The lowest BCUT2D eigenvalue weighted by Gasteiger charge is -2.28. The van der Waals surface area contributed by atoms with Gasteiger partial charge in [-0.2, -0.15) is 0 Å². The summed E-state index contributed by atoms with van der Waals surface area (Å²) < 4.78 is 27.5. The molecule has 3 aromatic carbocycles. The molecular weight excluding hydrogens is 574 g/mol. The number of rotatable bonds is 9. The molecule has 1 aliphatic carbocycles. The maximum atomic E-state index is 13.6. The molecule has 10 nitrogen and oxygen atoms in total. The van der Waals surface area contributed by atoms with Crippen LogP contribution in [0, 0.1) is 0 Å². The number of anilines is 2. The highest BCUT2D eigenvalue weighted by Gasteiger charge is 2.28. The summed E-state index contributed by atoms with van der Waals surface area (Å²) in [5, 5.41) is 3.51. The van der Waals surface area contributed by atoms with Crippen LogP contribution in [0.5, 0.6) is 17.2 Å². The third-order valence-corrected chi connectivity index (χ3v) is 8.04. The Morgan fingerprint density at radius 3 is 2.33 bits per heavy atom. The number of para-hydroxylation sites is 1. The molecule has 6 rings (SSSR count). The van der Waals surface area contributed by atoms with Gasteiger partial charge in [0.1, 0.15) is 0 Å². The number of nitrogens with one attached hydrogen (secondary N) is 1. The number of amides is 1. The average Bonchev–Trinajstić information content (AvgIpc) is 3.47. The van der Waals surface area contributed by atoms with E-state index < -0.39 is 18.5 Å². The number of carbonyl (C=O) groups is 2. The van der Waals surface area contributed by atoms with Crippen molar-refractivity contribution in [2.24, 2.45) is 0 Å². The number of nitrogens with zero attached hydrogens (tertiary/aromatic N) is 2. The lowest BCUT2D eigenvalue weighted by molar-refractivity contribution is -0.119. The van der Waals surface area contributed by atoms with Crippen LogP contribution in [0.15, 0.2) is 60.7 Å². The SMILES string of the molecule is COc1cc(/C=C2\CCc3c2nc2ccccc2c3C(=O)OCC(=O)Nc2ccc(N3CCOCC3)cc2)cc(OC)c1OC. The number of fused-ring (bicyclic) bond motifs is 2. The molecule has 1 N–H and O–H groups in total. The Kier molecular flexibility index (Phi) is 8.84. The third kappa shape index (κ3) is 6.28. The molecule has 45 heavy (non-hydrogen) atoms. The van der Waals surface area contributed by atoms with Crippen molar-refractivity contribution in [3.05, 3.63) is 83.0 Å². The molecule has 0 unspecified atom stereocenters. The number of hydrogen-bond donors (Lipinski definition) is 1. The molecular formula is C35H35N3O7. The van der Waals surface area contributed by atoms with Crippen LogP contribution in [0.2, 0.25) is 0 Å². The van der Waals surface area contributed by atoms with Crippen molar-refractivity contribution >= 4 is 45.8 Å².